The van der Waals surface area contributed by atoms with Crippen LogP contribution in [0.25, 0.3) is 11.1 Å². The minimum atomic E-state index is -0.243. The van der Waals surface area contributed by atoms with Crippen molar-refractivity contribution in [2.24, 2.45) is 0 Å². The lowest BCUT2D eigenvalue weighted by Crippen LogP contribution is -2.55. The van der Waals surface area contributed by atoms with Gasteiger partial charge < -0.3 is 9.73 Å². The molecule has 2 unspecified atom stereocenters. The summed E-state index contributed by atoms with van der Waals surface area (Å²) in [4.78, 5) is 42.2. The maximum Gasteiger partial charge on any atom is 0.289 e. The lowest BCUT2D eigenvalue weighted by Gasteiger charge is -2.36. The quantitative estimate of drug-likeness (QED) is 0.764. The average Bonchev–Trinajstić information content (AvgIpc) is 3.23. The second-order valence-corrected chi connectivity index (χ2v) is 8.43. The summed E-state index contributed by atoms with van der Waals surface area (Å²) in [5, 5.41) is 3.26. The third-order valence-electron chi connectivity index (χ3n) is 4.79. The Kier molecular flexibility index (Phi) is 5.40. The number of carbonyl (C=O) groups is 3. The number of nitrogens with one attached hydrogen (secondary N) is 1. The van der Waals surface area contributed by atoms with Crippen LogP contribution < -0.4 is 5.32 Å². The van der Waals surface area contributed by atoms with Crippen molar-refractivity contribution in [2.45, 2.75) is 43.0 Å². The van der Waals surface area contributed by atoms with E-state index in [9.17, 15) is 14.4 Å². The zero-order valence-electron chi connectivity index (χ0n) is 14.6. The molecule has 1 saturated carbocycles. The SMILES string of the molecule is O=C(CSc1nc2ccccc2o1)NC1CCCCC1N1C(=O)CSC1=O. The number of thioether (sulfide) groups is 2. The van der Waals surface area contributed by atoms with Gasteiger partial charge in [0.1, 0.15) is 5.52 Å². The van der Waals surface area contributed by atoms with Gasteiger partial charge >= 0.3 is 0 Å². The molecule has 142 valence electrons. The molecule has 7 nitrogen and oxygen atoms in total. The summed E-state index contributed by atoms with van der Waals surface area (Å²) < 4.78 is 5.61. The van der Waals surface area contributed by atoms with Crippen LogP contribution in [-0.2, 0) is 9.59 Å². The van der Waals surface area contributed by atoms with E-state index >= 15 is 0 Å². The molecule has 1 aliphatic carbocycles. The maximum absolute atomic E-state index is 12.4. The summed E-state index contributed by atoms with van der Waals surface area (Å²) in [6.07, 6.45) is 3.44. The predicted octanol–water partition coefficient (Wildman–Crippen LogP) is 3.04. The Morgan fingerprint density at radius 3 is 2.89 bits per heavy atom. The van der Waals surface area contributed by atoms with E-state index in [0.29, 0.717) is 10.8 Å². The number of nitrogens with zero attached hydrogens (tertiary/aromatic N) is 2. The molecule has 0 bridgehead atoms. The van der Waals surface area contributed by atoms with Crippen molar-refractivity contribution in [1.82, 2.24) is 15.2 Å². The fourth-order valence-electron chi connectivity index (χ4n) is 3.56. The summed E-state index contributed by atoms with van der Waals surface area (Å²) in [6.45, 7) is 0. The largest absolute Gasteiger partial charge is 0.431 e. The minimum absolute atomic E-state index is 0.147. The molecular formula is C18H19N3O4S2. The van der Waals surface area contributed by atoms with E-state index in [1.807, 2.05) is 24.3 Å². The monoisotopic (exact) mass is 405 g/mol. The lowest BCUT2D eigenvalue weighted by molar-refractivity contribution is -0.128. The highest BCUT2D eigenvalue weighted by atomic mass is 32.2. The third-order valence-corrected chi connectivity index (χ3v) is 6.46. The predicted molar refractivity (Wildman–Crippen MR) is 104 cm³/mol. The van der Waals surface area contributed by atoms with E-state index < -0.39 is 0 Å². The molecule has 0 spiro atoms. The lowest BCUT2D eigenvalue weighted by atomic mass is 9.89. The van der Waals surface area contributed by atoms with Crippen molar-refractivity contribution in [1.29, 1.82) is 0 Å². The first-order chi connectivity index (χ1) is 13.1. The van der Waals surface area contributed by atoms with Gasteiger partial charge in [-0.05, 0) is 25.0 Å². The molecule has 2 aromatic rings. The number of para-hydroxylation sites is 2. The van der Waals surface area contributed by atoms with E-state index in [-0.39, 0.29) is 40.6 Å². The highest BCUT2D eigenvalue weighted by molar-refractivity contribution is 8.14. The first-order valence-corrected chi connectivity index (χ1v) is 10.9. The minimum Gasteiger partial charge on any atom is -0.431 e. The number of rotatable bonds is 5. The Morgan fingerprint density at radius 2 is 2.11 bits per heavy atom. The summed E-state index contributed by atoms with van der Waals surface area (Å²) in [7, 11) is 0. The van der Waals surface area contributed by atoms with Gasteiger partial charge in [0.05, 0.1) is 17.5 Å². The van der Waals surface area contributed by atoms with Crippen molar-refractivity contribution in [3.63, 3.8) is 0 Å². The van der Waals surface area contributed by atoms with Crippen LogP contribution in [0.5, 0.6) is 0 Å². The Bertz CT molecular complexity index is 835. The molecule has 2 heterocycles. The molecule has 1 aromatic heterocycles. The van der Waals surface area contributed by atoms with Gasteiger partial charge in [-0.25, -0.2) is 4.98 Å². The van der Waals surface area contributed by atoms with E-state index in [0.717, 1.165) is 43.0 Å². The van der Waals surface area contributed by atoms with E-state index in [2.05, 4.69) is 10.3 Å². The van der Waals surface area contributed by atoms with Crippen molar-refractivity contribution in [3.05, 3.63) is 24.3 Å². The summed E-state index contributed by atoms with van der Waals surface area (Å²) in [5.41, 5.74) is 1.45. The number of benzene rings is 1. The van der Waals surface area contributed by atoms with Crippen molar-refractivity contribution in [3.8, 4) is 0 Å². The molecule has 2 aliphatic rings. The van der Waals surface area contributed by atoms with Crippen molar-refractivity contribution >= 4 is 51.7 Å². The second kappa shape index (κ2) is 7.93. The highest BCUT2D eigenvalue weighted by Gasteiger charge is 2.41. The third kappa shape index (κ3) is 3.98. The number of aromatic nitrogens is 1. The van der Waals surface area contributed by atoms with Crippen LogP contribution in [0.2, 0.25) is 0 Å². The van der Waals surface area contributed by atoms with Gasteiger partial charge in [0.25, 0.3) is 10.5 Å². The van der Waals surface area contributed by atoms with Crippen LogP contribution in [0.3, 0.4) is 0 Å². The number of fused-ring (bicyclic) bond motifs is 1. The summed E-state index contributed by atoms with van der Waals surface area (Å²) in [5.74, 6) is 0.0684. The Balaban J connectivity index is 1.37. The average molecular weight is 406 g/mol. The van der Waals surface area contributed by atoms with Crippen LogP contribution in [-0.4, -0.2) is 50.5 Å². The number of hydrogen-bond acceptors (Lipinski definition) is 7. The van der Waals surface area contributed by atoms with Gasteiger partial charge in [0, 0.05) is 6.04 Å². The van der Waals surface area contributed by atoms with Gasteiger partial charge in [-0.2, -0.15) is 0 Å². The van der Waals surface area contributed by atoms with Gasteiger partial charge in [0.15, 0.2) is 5.58 Å². The summed E-state index contributed by atoms with van der Waals surface area (Å²) >= 11 is 2.27. The van der Waals surface area contributed by atoms with Crippen molar-refractivity contribution in [2.75, 3.05) is 11.5 Å². The van der Waals surface area contributed by atoms with Crippen LogP contribution >= 0.6 is 23.5 Å². The number of hydrogen-bond donors (Lipinski definition) is 1. The maximum atomic E-state index is 12.4. The molecule has 3 amide bonds. The second-order valence-electron chi connectivity index (χ2n) is 6.58. The number of oxazole rings is 1. The Labute approximate surface area is 164 Å². The van der Waals surface area contributed by atoms with E-state index in [1.165, 1.54) is 16.7 Å². The molecule has 1 aromatic carbocycles. The number of amides is 3. The van der Waals surface area contributed by atoms with Crippen LogP contribution in [0, 0.1) is 0 Å². The topological polar surface area (TPSA) is 92.5 Å². The number of carbonyl (C=O) groups excluding carboxylic acids is 3. The van der Waals surface area contributed by atoms with Crippen LogP contribution in [0.4, 0.5) is 4.79 Å². The fraction of sp³-hybridized carbons (Fsp3) is 0.444. The van der Waals surface area contributed by atoms with Crippen molar-refractivity contribution < 1.29 is 18.8 Å². The first-order valence-electron chi connectivity index (χ1n) is 8.88. The Hall–Kier alpha value is -2.00. The molecule has 1 saturated heterocycles. The zero-order chi connectivity index (χ0) is 18.8. The fourth-order valence-corrected chi connectivity index (χ4v) is 4.97. The molecular weight excluding hydrogens is 386 g/mol. The zero-order valence-corrected chi connectivity index (χ0v) is 16.2. The molecule has 9 heteroatoms. The van der Waals surface area contributed by atoms with Gasteiger partial charge in [0.2, 0.25) is 11.8 Å². The molecule has 2 fully saturated rings. The number of imide groups is 1. The molecule has 1 aliphatic heterocycles. The van der Waals surface area contributed by atoms with Gasteiger partial charge in [-0.15, -0.1) is 0 Å². The standard InChI is InChI=1S/C18H19N3O4S2/c22-15(9-26-17-20-12-6-2-4-8-14(12)25-17)19-11-5-1-3-7-13(11)21-16(23)10-27-18(21)24/h2,4,6,8,11,13H,1,3,5,7,9-10H2,(H,19,22). The summed E-state index contributed by atoms with van der Waals surface area (Å²) in [6, 6.07) is 7.01. The van der Waals surface area contributed by atoms with Gasteiger partial charge in [-0.3, -0.25) is 19.3 Å². The molecule has 2 atom stereocenters. The normalized spacial score (nSPS) is 23.2. The smallest absolute Gasteiger partial charge is 0.289 e. The molecule has 0 radical (unpaired) electrons. The van der Waals surface area contributed by atoms with E-state index in [4.69, 9.17) is 4.42 Å². The first kappa shape index (κ1) is 18.4. The molecule has 1 N–H and O–H groups in total. The molecule has 27 heavy (non-hydrogen) atoms. The molecule has 4 rings (SSSR count). The Morgan fingerprint density at radius 1 is 1.30 bits per heavy atom. The highest BCUT2D eigenvalue weighted by Crippen LogP contribution is 2.30. The van der Waals surface area contributed by atoms with Crippen LogP contribution in [0.1, 0.15) is 25.7 Å². The van der Waals surface area contributed by atoms with E-state index in [1.54, 1.807) is 0 Å². The van der Waals surface area contributed by atoms with Crippen LogP contribution in [0.15, 0.2) is 33.9 Å². The van der Waals surface area contributed by atoms with Gasteiger partial charge in [-0.1, -0.05) is 48.5 Å².